The average molecular weight is 172 g/mol. The van der Waals surface area contributed by atoms with E-state index in [-0.39, 0.29) is 18.2 Å². The summed E-state index contributed by atoms with van der Waals surface area (Å²) in [5, 5.41) is 0. The van der Waals surface area contributed by atoms with Gasteiger partial charge in [-0.05, 0) is 13.8 Å². The van der Waals surface area contributed by atoms with Crippen LogP contribution in [0.25, 0.3) is 0 Å². The molecule has 0 atom stereocenters. The minimum atomic E-state index is 0. The van der Waals surface area contributed by atoms with Crippen molar-refractivity contribution < 1.29 is 17.2 Å². The van der Waals surface area contributed by atoms with E-state index in [1.807, 2.05) is 36.4 Å². The number of carbonyl (C=O) groups is 1. The van der Waals surface area contributed by atoms with Crippen molar-refractivity contribution in [2.45, 2.75) is 13.8 Å². The van der Waals surface area contributed by atoms with Gasteiger partial charge in [-0.1, -0.05) is 36.4 Å². The third-order valence-corrected chi connectivity index (χ3v) is 0.667. The first kappa shape index (κ1) is 12.8. The lowest BCUT2D eigenvalue weighted by atomic mass is 10.4. The van der Waals surface area contributed by atoms with Gasteiger partial charge in [-0.2, -0.15) is 0 Å². The van der Waals surface area contributed by atoms with Crippen LogP contribution in [0.4, 0.5) is 0 Å². The second kappa shape index (κ2) is 9.18. The number of Topliss-reactive ketones (excluding diaryl/α,β-unsaturated/α-hetero) is 1. The van der Waals surface area contributed by atoms with Crippen LogP contribution in [-0.4, -0.2) is 5.78 Å². The summed E-state index contributed by atoms with van der Waals surface area (Å²) in [7, 11) is 0. The Kier molecular flexibility index (Phi) is 10.7. The molecule has 62 valence electrons. The molecule has 2 heteroatoms. The molecule has 1 rings (SSSR count). The van der Waals surface area contributed by atoms with E-state index in [4.69, 9.17) is 0 Å². The van der Waals surface area contributed by atoms with Gasteiger partial charge < -0.3 is 17.2 Å². The third-order valence-electron chi connectivity index (χ3n) is 0.667. The number of hydrogen-bond donors (Lipinski definition) is 0. The zero-order chi connectivity index (χ0) is 7.82. The molecule has 0 aromatic heterocycles. The van der Waals surface area contributed by atoms with Crippen molar-refractivity contribution in [2.24, 2.45) is 0 Å². The van der Waals surface area contributed by atoms with Crippen molar-refractivity contribution in [3.05, 3.63) is 36.4 Å². The van der Waals surface area contributed by atoms with Crippen LogP contribution in [0.1, 0.15) is 13.8 Å². The van der Waals surface area contributed by atoms with Crippen molar-refractivity contribution in [1.82, 2.24) is 0 Å². The number of ketones is 1. The predicted octanol–water partition coefficient (Wildman–Crippen LogP) is -0.714. The quantitative estimate of drug-likeness (QED) is 0.504. The van der Waals surface area contributed by atoms with E-state index >= 15 is 0 Å². The molecule has 0 unspecified atom stereocenters. The van der Waals surface area contributed by atoms with E-state index in [9.17, 15) is 4.79 Å². The van der Waals surface area contributed by atoms with Crippen LogP contribution in [0, 0.1) is 0 Å². The van der Waals surface area contributed by atoms with Gasteiger partial charge in [0.15, 0.2) is 0 Å². The molecular weight excluding hydrogens is 160 g/mol. The van der Waals surface area contributed by atoms with E-state index in [0.29, 0.717) is 0 Å². The summed E-state index contributed by atoms with van der Waals surface area (Å²) in [6, 6.07) is 12.0. The minimum Gasteiger partial charge on any atom is -1.00 e. The lowest BCUT2D eigenvalue weighted by molar-refractivity contribution is -0.115. The molecule has 0 saturated heterocycles. The zero-order valence-electron chi connectivity index (χ0n) is 6.75. The summed E-state index contributed by atoms with van der Waals surface area (Å²) in [4.78, 5) is 9.44. The summed E-state index contributed by atoms with van der Waals surface area (Å²) in [5.41, 5.74) is 0. The first-order valence-electron chi connectivity index (χ1n) is 3.20. The van der Waals surface area contributed by atoms with Gasteiger partial charge >= 0.3 is 0 Å². The Labute approximate surface area is 73.8 Å². The molecule has 0 fully saturated rings. The Morgan fingerprint density at radius 1 is 0.818 bits per heavy atom. The summed E-state index contributed by atoms with van der Waals surface area (Å²) in [5.74, 6) is 0.167. The second-order valence-corrected chi connectivity index (χ2v) is 2.06. The maximum absolute atomic E-state index is 9.44. The van der Waals surface area contributed by atoms with Crippen molar-refractivity contribution in [2.75, 3.05) is 0 Å². The van der Waals surface area contributed by atoms with Gasteiger partial charge in [-0.15, -0.1) is 0 Å². The van der Waals surface area contributed by atoms with Gasteiger partial charge in [-0.3, -0.25) is 0 Å². The van der Waals surface area contributed by atoms with Crippen LogP contribution in [0.5, 0.6) is 0 Å². The number of benzene rings is 1. The number of halogens is 1. The van der Waals surface area contributed by atoms with Gasteiger partial charge in [-0.25, -0.2) is 0 Å². The monoisotopic (exact) mass is 171 g/mol. The zero-order valence-corrected chi connectivity index (χ0v) is 7.51. The largest absolute Gasteiger partial charge is 1.00 e. The van der Waals surface area contributed by atoms with Crippen LogP contribution in [0.2, 0.25) is 0 Å². The molecule has 1 nitrogen and oxygen atoms in total. The molecule has 0 aliphatic carbocycles. The fourth-order valence-electron chi connectivity index (χ4n) is 0.385. The van der Waals surface area contributed by atoms with Gasteiger partial charge in [0.25, 0.3) is 0 Å². The fourth-order valence-corrected chi connectivity index (χ4v) is 0.385. The first-order valence-corrected chi connectivity index (χ1v) is 3.20. The maximum Gasteiger partial charge on any atom is 0.126 e. The van der Waals surface area contributed by atoms with E-state index in [1.54, 1.807) is 0 Å². The highest BCUT2D eigenvalue weighted by Gasteiger charge is 1.62. The Morgan fingerprint density at radius 2 is 0.909 bits per heavy atom. The van der Waals surface area contributed by atoms with E-state index in [1.165, 1.54) is 13.8 Å². The van der Waals surface area contributed by atoms with Crippen molar-refractivity contribution in [3.8, 4) is 0 Å². The SMILES string of the molecule is CC(C)=O.[Cl-].c1ccccc1. The Morgan fingerprint density at radius 3 is 1.00 bits per heavy atom. The molecule has 0 spiro atoms. The Balaban J connectivity index is 0. The lowest BCUT2D eigenvalue weighted by Gasteiger charge is -1.69. The topological polar surface area (TPSA) is 17.1 Å². The highest BCUT2D eigenvalue weighted by Crippen LogP contribution is 1.79. The maximum atomic E-state index is 9.44. The van der Waals surface area contributed by atoms with Gasteiger partial charge in [0.05, 0.1) is 0 Å². The minimum absolute atomic E-state index is 0. The lowest BCUT2D eigenvalue weighted by Crippen LogP contribution is -3.00. The molecule has 0 amide bonds. The van der Waals surface area contributed by atoms with Crippen molar-refractivity contribution in [3.63, 3.8) is 0 Å². The summed E-state index contributed by atoms with van der Waals surface area (Å²) in [6.45, 7) is 3.06. The van der Waals surface area contributed by atoms with Crippen LogP contribution >= 0.6 is 0 Å². The standard InChI is InChI=1S/C6H6.C3H6O.ClH/c1-2-4-6-5-3-1;1-3(2)4;/h1-6H;1-2H3;1H/p-1. The highest BCUT2D eigenvalue weighted by molar-refractivity contribution is 5.72. The van der Waals surface area contributed by atoms with Crippen LogP contribution in [-0.2, 0) is 4.79 Å². The molecule has 0 aliphatic rings. The molecular formula is C9H12ClO-. The van der Waals surface area contributed by atoms with Gasteiger partial charge in [0.1, 0.15) is 5.78 Å². The number of hydrogen-bond acceptors (Lipinski definition) is 1. The third kappa shape index (κ3) is 17.6. The molecule has 1 aromatic carbocycles. The number of carbonyl (C=O) groups excluding carboxylic acids is 1. The van der Waals surface area contributed by atoms with E-state index in [2.05, 4.69) is 0 Å². The highest BCUT2D eigenvalue weighted by atomic mass is 35.5. The van der Waals surface area contributed by atoms with Gasteiger partial charge in [0.2, 0.25) is 0 Å². The smallest absolute Gasteiger partial charge is 0.126 e. The summed E-state index contributed by atoms with van der Waals surface area (Å²) >= 11 is 0. The molecule has 0 aliphatic heterocycles. The predicted molar refractivity (Wildman–Crippen MR) is 42.8 cm³/mol. The van der Waals surface area contributed by atoms with Crippen molar-refractivity contribution in [1.29, 1.82) is 0 Å². The second-order valence-electron chi connectivity index (χ2n) is 2.06. The molecule has 0 radical (unpaired) electrons. The summed E-state index contributed by atoms with van der Waals surface area (Å²) in [6.07, 6.45) is 0. The normalized spacial score (nSPS) is 6.73. The molecule has 0 heterocycles. The molecule has 1 aromatic rings. The van der Waals surface area contributed by atoms with Crippen molar-refractivity contribution >= 4 is 5.78 Å². The molecule has 11 heavy (non-hydrogen) atoms. The fraction of sp³-hybridized carbons (Fsp3) is 0.222. The van der Waals surface area contributed by atoms with E-state index < -0.39 is 0 Å². The molecule has 0 N–H and O–H groups in total. The van der Waals surface area contributed by atoms with Crippen LogP contribution < -0.4 is 12.4 Å². The van der Waals surface area contributed by atoms with E-state index in [0.717, 1.165) is 0 Å². The average Bonchev–Trinajstić information content (AvgIpc) is 1.90. The Bertz CT molecular complexity index is 141. The first-order chi connectivity index (χ1) is 4.73. The van der Waals surface area contributed by atoms with Crippen LogP contribution in [0.15, 0.2) is 36.4 Å². The van der Waals surface area contributed by atoms with Gasteiger partial charge in [0, 0.05) is 0 Å². The molecule has 0 bridgehead atoms. The Hall–Kier alpha value is -0.820. The number of rotatable bonds is 0. The molecule has 0 saturated carbocycles. The summed E-state index contributed by atoms with van der Waals surface area (Å²) < 4.78 is 0. The van der Waals surface area contributed by atoms with Crippen LogP contribution in [0.3, 0.4) is 0 Å².